The molecule has 4 rings (SSSR count). The summed E-state index contributed by atoms with van der Waals surface area (Å²) in [5.74, 6) is -0.0849. The van der Waals surface area contributed by atoms with E-state index in [-0.39, 0.29) is 22.6 Å². The van der Waals surface area contributed by atoms with Crippen molar-refractivity contribution in [2.75, 3.05) is 31.6 Å². The summed E-state index contributed by atoms with van der Waals surface area (Å²) in [5.41, 5.74) is 2.19. The highest BCUT2D eigenvalue weighted by molar-refractivity contribution is 7.89. The first-order chi connectivity index (χ1) is 13.9. The average molecular weight is 435 g/mol. The number of benzene rings is 2. The lowest BCUT2D eigenvalue weighted by molar-refractivity contribution is -0.117. The normalized spacial score (nSPS) is 22.3. The number of carbonyl (C=O) groups is 1. The van der Waals surface area contributed by atoms with E-state index in [0.29, 0.717) is 42.6 Å². The van der Waals surface area contributed by atoms with Crippen molar-refractivity contribution in [3.8, 4) is 0 Å². The van der Waals surface area contributed by atoms with Gasteiger partial charge in [0.25, 0.3) is 0 Å². The van der Waals surface area contributed by atoms with Crippen LogP contribution in [0.15, 0.2) is 47.4 Å². The zero-order chi connectivity index (χ0) is 20.6. The van der Waals surface area contributed by atoms with Gasteiger partial charge in [0.1, 0.15) is 0 Å². The van der Waals surface area contributed by atoms with Gasteiger partial charge in [-0.3, -0.25) is 4.79 Å². The summed E-state index contributed by atoms with van der Waals surface area (Å²) in [6.07, 6.45) is 0.761. The first-order valence-electron chi connectivity index (χ1n) is 9.61. The van der Waals surface area contributed by atoms with E-state index in [2.05, 4.69) is 5.32 Å². The number of sulfonamides is 1. The lowest BCUT2D eigenvalue weighted by atomic mass is 10.1. The maximum atomic E-state index is 13.0. The highest BCUT2D eigenvalue weighted by Crippen LogP contribution is 2.48. The third-order valence-corrected chi connectivity index (χ3v) is 7.72. The molecule has 0 aromatic heterocycles. The standard InChI is InChI=1S/C21H23ClN2O4S/c1-14-5-6-17(12-20(14)29(26,27)24-7-9-28-10-8-24)23-21(25)19-13-18(19)15-3-2-4-16(22)11-15/h2-6,11-12,18-19H,7-10,13H2,1H3,(H,23,25). The molecule has 0 radical (unpaired) electrons. The molecule has 2 fully saturated rings. The van der Waals surface area contributed by atoms with E-state index in [1.165, 1.54) is 4.31 Å². The topological polar surface area (TPSA) is 75.7 Å². The van der Waals surface area contributed by atoms with Gasteiger partial charge in [0.05, 0.1) is 18.1 Å². The molecule has 1 saturated heterocycles. The molecule has 1 aliphatic heterocycles. The number of nitrogens with one attached hydrogen (secondary N) is 1. The van der Waals surface area contributed by atoms with Crippen LogP contribution in [0, 0.1) is 12.8 Å². The number of morpholine rings is 1. The SMILES string of the molecule is Cc1ccc(NC(=O)C2CC2c2cccc(Cl)c2)cc1S(=O)(=O)N1CCOCC1. The minimum Gasteiger partial charge on any atom is -0.379 e. The van der Waals surface area contributed by atoms with E-state index in [1.807, 2.05) is 24.3 Å². The Morgan fingerprint density at radius 2 is 1.93 bits per heavy atom. The van der Waals surface area contributed by atoms with Gasteiger partial charge in [-0.05, 0) is 54.7 Å². The van der Waals surface area contributed by atoms with Crippen LogP contribution in [0.1, 0.15) is 23.5 Å². The Morgan fingerprint density at radius 1 is 1.17 bits per heavy atom. The average Bonchev–Trinajstić information content (AvgIpc) is 3.51. The number of anilines is 1. The highest BCUT2D eigenvalue weighted by atomic mass is 35.5. The largest absolute Gasteiger partial charge is 0.379 e. The molecule has 2 aliphatic rings. The lowest BCUT2D eigenvalue weighted by Gasteiger charge is -2.26. The molecule has 0 spiro atoms. The van der Waals surface area contributed by atoms with Gasteiger partial charge < -0.3 is 10.1 Å². The van der Waals surface area contributed by atoms with Crippen LogP contribution in [-0.4, -0.2) is 44.9 Å². The second-order valence-corrected chi connectivity index (χ2v) is 9.83. The summed E-state index contributed by atoms with van der Waals surface area (Å²) in [7, 11) is -3.63. The van der Waals surface area contributed by atoms with Crippen LogP contribution in [0.5, 0.6) is 0 Å². The van der Waals surface area contributed by atoms with Gasteiger partial charge in [0.2, 0.25) is 15.9 Å². The monoisotopic (exact) mass is 434 g/mol. The summed E-state index contributed by atoms with van der Waals surface area (Å²) in [5, 5.41) is 3.54. The second-order valence-electron chi connectivity index (χ2n) is 7.49. The fraction of sp³-hybridized carbons (Fsp3) is 0.381. The minimum absolute atomic E-state index is 0.103. The first kappa shape index (κ1) is 20.3. The van der Waals surface area contributed by atoms with E-state index >= 15 is 0 Å². The van der Waals surface area contributed by atoms with Crippen LogP contribution in [-0.2, 0) is 19.6 Å². The van der Waals surface area contributed by atoms with Crippen molar-refractivity contribution in [3.63, 3.8) is 0 Å². The van der Waals surface area contributed by atoms with Crippen molar-refractivity contribution in [1.82, 2.24) is 4.31 Å². The quantitative estimate of drug-likeness (QED) is 0.782. The van der Waals surface area contributed by atoms with Crippen molar-refractivity contribution >= 4 is 33.2 Å². The van der Waals surface area contributed by atoms with Gasteiger partial charge in [-0.1, -0.05) is 29.8 Å². The van der Waals surface area contributed by atoms with Crippen LogP contribution in [0.25, 0.3) is 0 Å². The molecule has 1 saturated carbocycles. The maximum Gasteiger partial charge on any atom is 0.243 e. The Kier molecular flexibility index (Phi) is 5.66. The molecule has 6 nitrogen and oxygen atoms in total. The Labute approximate surface area is 175 Å². The fourth-order valence-corrected chi connectivity index (χ4v) is 5.56. The van der Waals surface area contributed by atoms with Gasteiger partial charge in [-0.15, -0.1) is 0 Å². The number of amides is 1. The van der Waals surface area contributed by atoms with Crippen molar-refractivity contribution in [2.45, 2.75) is 24.2 Å². The zero-order valence-electron chi connectivity index (χ0n) is 16.1. The van der Waals surface area contributed by atoms with Gasteiger partial charge in [0, 0.05) is 29.7 Å². The predicted octanol–water partition coefficient (Wildman–Crippen LogP) is 3.41. The Balaban J connectivity index is 1.49. The number of ether oxygens (including phenoxy) is 1. The Bertz CT molecular complexity index is 1030. The van der Waals surface area contributed by atoms with Gasteiger partial charge >= 0.3 is 0 Å². The number of nitrogens with zero attached hydrogens (tertiary/aromatic N) is 1. The Hall–Kier alpha value is -1.93. The van der Waals surface area contributed by atoms with E-state index in [4.69, 9.17) is 16.3 Å². The molecule has 0 bridgehead atoms. The summed E-state index contributed by atoms with van der Waals surface area (Å²) in [4.78, 5) is 12.9. The van der Waals surface area contributed by atoms with Crippen LogP contribution in [0.3, 0.4) is 0 Å². The molecule has 1 amide bonds. The summed E-state index contributed by atoms with van der Waals surface area (Å²) < 4.78 is 32.7. The minimum atomic E-state index is -3.63. The molecule has 2 aromatic rings. The smallest absolute Gasteiger partial charge is 0.243 e. The summed E-state index contributed by atoms with van der Waals surface area (Å²) in [6, 6.07) is 12.6. The summed E-state index contributed by atoms with van der Waals surface area (Å²) >= 11 is 6.04. The first-order valence-corrected chi connectivity index (χ1v) is 11.4. The number of hydrogen-bond acceptors (Lipinski definition) is 4. The molecule has 2 atom stereocenters. The molecule has 1 heterocycles. The van der Waals surface area contributed by atoms with E-state index in [9.17, 15) is 13.2 Å². The fourth-order valence-electron chi connectivity index (χ4n) is 3.71. The highest BCUT2D eigenvalue weighted by Gasteiger charge is 2.44. The van der Waals surface area contributed by atoms with Crippen LogP contribution in [0.2, 0.25) is 5.02 Å². The van der Waals surface area contributed by atoms with Gasteiger partial charge in [-0.2, -0.15) is 4.31 Å². The molecule has 1 aliphatic carbocycles. The third kappa shape index (κ3) is 4.33. The number of halogens is 1. The van der Waals surface area contributed by atoms with Gasteiger partial charge in [0.15, 0.2) is 0 Å². The van der Waals surface area contributed by atoms with Crippen molar-refractivity contribution in [1.29, 1.82) is 0 Å². The Morgan fingerprint density at radius 3 is 2.66 bits per heavy atom. The molecular formula is C21H23ClN2O4S. The van der Waals surface area contributed by atoms with Crippen molar-refractivity contribution in [3.05, 3.63) is 58.6 Å². The summed E-state index contributed by atoms with van der Waals surface area (Å²) in [6.45, 7) is 3.21. The van der Waals surface area contributed by atoms with Crippen molar-refractivity contribution < 1.29 is 17.9 Å². The molecule has 2 unspecified atom stereocenters. The number of hydrogen-bond donors (Lipinski definition) is 1. The van der Waals surface area contributed by atoms with Crippen LogP contribution < -0.4 is 5.32 Å². The van der Waals surface area contributed by atoms with Crippen molar-refractivity contribution in [2.24, 2.45) is 5.92 Å². The zero-order valence-corrected chi connectivity index (χ0v) is 17.7. The molecular weight excluding hydrogens is 412 g/mol. The van der Waals surface area contributed by atoms with Crippen LogP contribution in [0.4, 0.5) is 5.69 Å². The molecule has 29 heavy (non-hydrogen) atoms. The predicted molar refractivity (Wildman–Crippen MR) is 112 cm³/mol. The lowest BCUT2D eigenvalue weighted by Crippen LogP contribution is -2.40. The van der Waals surface area contributed by atoms with E-state index in [0.717, 1.165) is 12.0 Å². The molecule has 154 valence electrons. The van der Waals surface area contributed by atoms with Crippen LogP contribution >= 0.6 is 11.6 Å². The number of aryl methyl sites for hydroxylation is 1. The number of carbonyl (C=O) groups excluding carboxylic acids is 1. The molecule has 8 heteroatoms. The molecule has 2 aromatic carbocycles. The number of rotatable bonds is 5. The third-order valence-electron chi connectivity index (χ3n) is 5.45. The van der Waals surface area contributed by atoms with Gasteiger partial charge in [-0.25, -0.2) is 8.42 Å². The van der Waals surface area contributed by atoms with E-state index < -0.39 is 10.0 Å². The maximum absolute atomic E-state index is 13.0. The molecule has 1 N–H and O–H groups in total. The van der Waals surface area contributed by atoms with E-state index in [1.54, 1.807) is 25.1 Å². The second kappa shape index (κ2) is 8.07.